The van der Waals surface area contributed by atoms with Crippen LogP contribution in [0.15, 0.2) is 60.8 Å². The Kier molecular flexibility index (Phi) is 6.24. The quantitative estimate of drug-likeness (QED) is 0.646. The number of pyridine rings is 1. The van der Waals surface area contributed by atoms with Crippen LogP contribution in [-0.2, 0) is 0 Å². The first-order valence-corrected chi connectivity index (χ1v) is 9.35. The molecule has 2 aromatic carbocycles. The van der Waals surface area contributed by atoms with Gasteiger partial charge < -0.3 is 15.4 Å². The molecule has 3 aromatic rings. The molecule has 2 N–H and O–H groups in total. The highest BCUT2D eigenvalue weighted by Gasteiger charge is 2.14. The summed E-state index contributed by atoms with van der Waals surface area (Å²) in [5.41, 5.74) is 3.98. The Morgan fingerprint density at radius 3 is 2.48 bits per heavy atom. The van der Waals surface area contributed by atoms with E-state index in [0.717, 1.165) is 11.1 Å². The number of para-hydroxylation sites is 2. The molecule has 0 saturated carbocycles. The molecule has 0 aliphatic carbocycles. The lowest BCUT2D eigenvalue weighted by atomic mass is 10.1. The van der Waals surface area contributed by atoms with Gasteiger partial charge in [-0.15, -0.1) is 0 Å². The van der Waals surface area contributed by atoms with Gasteiger partial charge in [-0.05, 0) is 68.3 Å². The van der Waals surface area contributed by atoms with Crippen LogP contribution in [0.4, 0.5) is 11.4 Å². The van der Waals surface area contributed by atoms with E-state index < -0.39 is 5.91 Å². The molecule has 0 radical (unpaired) electrons. The van der Waals surface area contributed by atoms with Gasteiger partial charge in [0.15, 0.2) is 0 Å². The number of carbonyl (C=O) groups is 2. The van der Waals surface area contributed by atoms with Crippen molar-refractivity contribution in [3.8, 4) is 5.75 Å². The minimum Gasteiger partial charge on any atom is -0.492 e. The Balaban J connectivity index is 1.75. The zero-order valence-electron chi connectivity index (χ0n) is 16.7. The van der Waals surface area contributed by atoms with Crippen molar-refractivity contribution in [1.29, 1.82) is 0 Å². The third-order valence-corrected chi connectivity index (χ3v) is 4.45. The molecular formula is C23H23N3O3. The molecule has 3 rings (SSSR count). The van der Waals surface area contributed by atoms with Gasteiger partial charge in [-0.25, -0.2) is 0 Å². The van der Waals surface area contributed by atoms with Crippen molar-refractivity contribution in [1.82, 2.24) is 4.98 Å². The first-order valence-electron chi connectivity index (χ1n) is 9.35. The first kappa shape index (κ1) is 20.1. The molecule has 1 aromatic heterocycles. The van der Waals surface area contributed by atoms with E-state index in [9.17, 15) is 9.59 Å². The Bertz CT molecular complexity index is 1050. The lowest BCUT2D eigenvalue weighted by Crippen LogP contribution is -2.17. The van der Waals surface area contributed by atoms with Crippen LogP contribution in [0.3, 0.4) is 0 Å². The van der Waals surface area contributed by atoms with Crippen molar-refractivity contribution in [2.45, 2.75) is 20.8 Å². The van der Waals surface area contributed by atoms with Crippen molar-refractivity contribution in [3.63, 3.8) is 0 Å². The van der Waals surface area contributed by atoms with E-state index in [1.165, 1.54) is 12.3 Å². The summed E-state index contributed by atoms with van der Waals surface area (Å²) in [6.07, 6.45) is 1.44. The zero-order valence-corrected chi connectivity index (χ0v) is 16.7. The number of aryl methyl sites for hydroxylation is 2. The number of amides is 2. The number of anilines is 2. The molecule has 0 unspecified atom stereocenters. The third kappa shape index (κ3) is 4.99. The van der Waals surface area contributed by atoms with Gasteiger partial charge in [-0.3, -0.25) is 14.6 Å². The number of ether oxygens (including phenoxy) is 1. The van der Waals surface area contributed by atoms with Crippen LogP contribution in [0.1, 0.15) is 38.9 Å². The highest BCUT2D eigenvalue weighted by atomic mass is 16.5. The average molecular weight is 389 g/mol. The molecule has 29 heavy (non-hydrogen) atoms. The van der Waals surface area contributed by atoms with E-state index in [2.05, 4.69) is 15.6 Å². The third-order valence-electron chi connectivity index (χ3n) is 4.45. The van der Waals surface area contributed by atoms with E-state index in [4.69, 9.17) is 4.74 Å². The fraction of sp³-hybridized carbons (Fsp3) is 0.174. The van der Waals surface area contributed by atoms with Crippen LogP contribution in [0, 0.1) is 13.8 Å². The fourth-order valence-electron chi connectivity index (χ4n) is 2.76. The van der Waals surface area contributed by atoms with Crippen LogP contribution in [0.5, 0.6) is 5.75 Å². The van der Waals surface area contributed by atoms with E-state index >= 15 is 0 Å². The molecule has 0 aliphatic heterocycles. The highest BCUT2D eigenvalue weighted by molar-refractivity contribution is 6.08. The molecule has 0 saturated heterocycles. The monoisotopic (exact) mass is 389 g/mol. The van der Waals surface area contributed by atoms with Crippen molar-refractivity contribution in [3.05, 3.63) is 83.2 Å². The summed E-state index contributed by atoms with van der Waals surface area (Å²) in [4.78, 5) is 29.3. The van der Waals surface area contributed by atoms with Crippen LogP contribution in [-0.4, -0.2) is 23.4 Å². The van der Waals surface area contributed by atoms with Gasteiger partial charge in [0.25, 0.3) is 11.8 Å². The number of hydrogen-bond donors (Lipinski definition) is 2. The second-order valence-corrected chi connectivity index (χ2v) is 6.57. The summed E-state index contributed by atoms with van der Waals surface area (Å²) >= 11 is 0. The minimum atomic E-state index is -0.419. The molecule has 148 valence electrons. The molecule has 0 fully saturated rings. The van der Waals surface area contributed by atoms with Gasteiger partial charge in [0, 0.05) is 17.4 Å². The lowest BCUT2D eigenvalue weighted by Gasteiger charge is -2.11. The van der Waals surface area contributed by atoms with Crippen LogP contribution in [0.25, 0.3) is 0 Å². The number of hydrogen-bond acceptors (Lipinski definition) is 4. The van der Waals surface area contributed by atoms with E-state index in [0.29, 0.717) is 29.3 Å². The molecule has 2 amide bonds. The molecular weight excluding hydrogens is 366 g/mol. The van der Waals surface area contributed by atoms with Crippen molar-refractivity contribution >= 4 is 23.2 Å². The van der Waals surface area contributed by atoms with Gasteiger partial charge >= 0.3 is 0 Å². The number of aromatic nitrogens is 1. The van der Waals surface area contributed by atoms with Gasteiger partial charge in [-0.1, -0.05) is 18.2 Å². The van der Waals surface area contributed by atoms with E-state index in [1.807, 2.05) is 45.0 Å². The summed E-state index contributed by atoms with van der Waals surface area (Å²) in [6, 6.07) is 15.9. The largest absolute Gasteiger partial charge is 0.492 e. The van der Waals surface area contributed by atoms with Gasteiger partial charge in [0.2, 0.25) is 0 Å². The van der Waals surface area contributed by atoms with Crippen LogP contribution in [0.2, 0.25) is 0 Å². The fourth-order valence-corrected chi connectivity index (χ4v) is 2.76. The summed E-state index contributed by atoms with van der Waals surface area (Å²) in [5.74, 6) is -0.149. The van der Waals surface area contributed by atoms with Crippen LogP contribution < -0.4 is 15.4 Å². The minimum absolute atomic E-state index is 0.143. The number of carbonyl (C=O) groups excluding carboxylic acids is 2. The summed E-state index contributed by atoms with van der Waals surface area (Å²) in [7, 11) is 0. The van der Waals surface area contributed by atoms with Crippen molar-refractivity contribution in [2.75, 3.05) is 17.2 Å². The Morgan fingerprint density at radius 2 is 1.72 bits per heavy atom. The zero-order chi connectivity index (χ0) is 20.8. The second kappa shape index (κ2) is 9.01. The first-order chi connectivity index (χ1) is 14.0. The molecule has 6 heteroatoms. The van der Waals surface area contributed by atoms with E-state index in [1.54, 1.807) is 24.3 Å². The summed E-state index contributed by atoms with van der Waals surface area (Å²) in [6.45, 7) is 6.36. The summed E-state index contributed by atoms with van der Waals surface area (Å²) in [5, 5.41) is 5.63. The van der Waals surface area contributed by atoms with Crippen molar-refractivity contribution in [2.24, 2.45) is 0 Å². The Labute approximate surface area is 169 Å². The number of nitrogens with one attached hydrogen (secondary N) is 2. The predicted octanol–water partition coefficient (Wildman–Crippen LogP) is 4.60. The molecule has 1 heterocycles. The van der Waals surface area contributed by atoms with Crippen molar-refractivity contribution < 1.29 is 14.3 Å². The molecule has 0 bridgehead atoms. The van der Waals surface area contributed by atoms with Gasteiger partial charge in [0.1, 0.15) is 11.4 Å². The maximum absolute atomic E-state index is 12.6. The Morgan fingerprint density at radius 1 is 0.931 bits per heavy atom. The average Bonchev–Trinajstić information content (AvgIpc) is 2.72. The standard InChI is InChI=1S/C23H23N3O3/c1-4-29-21-8-6-5-7-19(21)26-23(28)20-14-17(11-12-24-20)22(27)25-18-10-9-15(2)16(3)13-18/h5-14H,4H2,1-3H3,(H,25,27)(H,26,28). The van der Waals surface area contributed by atoms with Gasteiger partial charge in [0.05, 0.1) is 12.3 Å². The maximum atomic E-state index is 12.6. The number of nitrogens with zero attached hydrogens (tertiary/aromatic N) is 1. The normalized spacial score (nSPS) is 10.3. The van der Waals surface area contributed by atoms with Gasteiger partial charge in [-0.2, -0.15) is 0 Å². The predicted molar refractivity (Wildman–Crippen MR) is 114 cm³/mol. The lowest BCUT2D eigenvalue weighted by molar-refractivity contribution is 0.102. The second-order valence-electron chi connectivity index (χ2n) is 6.57. The number of benzene rings is 2. The summed E-state index contributed by atoms with van der Waals surface area (Å²) < 4.78 is 5.52. The molecule has 0 atom stereocenters. The highest BCUT2D eigenvalue weighted by Crippen LogP contribution is 2.24. The molecule has 0 aliphatic rings. The number of rotatable bonds is 6. The molecule has 0 spiro atoms. The Hall–Kier alpha value is -3.67. The van der Waals surface area contributed by atoms with E-state index in [-0.39, 0.29) is 11.6 Å². The SMILES string of the molecule is CCOc1ccccc1NC(=O)c1cc(C(=O)Nc2ccc(C)c(C)c2)ccn1. The smallest absolute Gasteiger partial charge is 0.274 e. The molecule has 6 nitrogen and oxygen atoms in total. The maximum Gasteiger partial charge on any atom is 0.274 e. The van der Waals surface area contributed by atoms with Crippen LogP contribution >= 0.6 is 0 Å². The topological polar surface area (TPSA) is 80.3 Å².